The number of rotatable bonds is 6. The van der Waals surface area contributed by atoms with Crippen molar-refractivity contribution in [3.8, 4) is 11.1 Å². The zero-order chi connectivity index (χ0) is 19.4. The van der Waals surface area contributed by atoms with E-state index in [0.717, 1.165) is 15.6 Å². The summed E-state index contributed by atoms with van der Waals surface area (Å²) in [6.45, 7) is 4.55. The molecule has 0 spiro atoms. The number of hydrogen-bond donors (Lipinski definition) is 0. The fourth-order valence-electron chi connectivity index (χ4n) is 3.30. The minimum Gasteiger partial charge on any atom is -0.315 e. The summed E-state index contributed by atoms with van der Waals surface area (Å²) in [5.41, 5.74) is 5.21. The van der Waals surface area contributed by atoms with Crippen LogP contribution in [0.1, 0.15) is 34.8 Å². The molecular weight excluding hydrogens is 402 g/mol. The van der Waals surface area contributed by atoms with Crippen LogP contribution >= 0.6 is 15.9 Å². The van der Waals surface area contributed by atoms with E-state index in [9.17, 15) is 9.59 Å². The first-order valence-electron chi connectivity index (χ1n) is 9.07. The second-order valence-electron chi connectivity index (χ2n) is 6.58. The van der Waals surface area contributed by atoms with Crippen molar-refractivity contribution in [1.29, 1.82) is 0 Å². The number of ketones is 1. The fraction of sp³-hybridized carbons (Fsp3) is 0.217. The molecule has 0 saturated carbocycles. The molecular formula is C23H22BrNO2. The molecule has 0 aliphatic carbocycles. The van der Waals surface area contributed by atoms with E-state index in [4.69, 9.17) is 0 Å². The summed E-state index contributed by atoms with van der Waals surface area (Å²) in [4.78, 5) is 24.4. The lowest BCUT2D eigenvalue weighted by Crippen LogP contribution is -2.19. The Balaban J connectivity index is 1.84. The van der Waals surface area contributed by atoms with Gasteiger partial charge < -0.3 is 4.57 Å². The molecule has 3 aromatic rings. The van der Waals surface area contributed by atoms with E-state index < -0.39 is 0 Å². The van der Waals surface area contributed by atoms with E-state index in [-0.39, 0.29) is 11.3 Å². The highest BCUT2D eigenvalue weighted by atomic mass is 79.9. The maximum atomic E-state index is 12.7. The highest BCUT2D eigenvalue weighted by Gasteiger charge is 2.12. The lowest BCUT2D eigenvalue weighted by molar-refractivity contribution is 0.0982. The highest BCUT2D eigenvalue weighted by Crippen LogP contribution is 2.29. The Hall–Kier alpha value is -2.46. The zero-order valence-corrected chi connectivity index (χ0v) is 17.1. The van der Waals surface area contributed by atoms with E-state index in [2.05, 4.69) is 47.1 Å². The van der Waals surface area contributed by atoms with Gasteiger partial charge >= 0.3 is 0 Å². The number of benzene rings is 2. The van der Waals surface area contributed by atoms with Crippen molar-refractivity contribution in [3.05, 3.63) is 92.3 Å². The molecule has 0 aliphatic rings. The van der Waals surface area contributed by atoms with Crippen molar-refractivity contribution in [2.75, 3.05) is 0 Å². The lowest BCUT2D eigenvalue weighted by Gasteiger charge is -2.13. The molecule has 0 bridgehead atoms. The number of halogens is 1. The Morgan fingerprint density at radius 2 is 1.78 bits per heavy atom. The van der Waals surface area contributed by atoms with Crippen LogP contribution < -0.4 is 5.56 Å². The molecule has 4 heteroatoms. The normalized spacial score (nSPS) is 10.8. The number of hydrogen-bond acceptors (Lipinski definition) is 2. The molecule has 3 nitrogen and oxygen atoms in total. The predicted molar refractivity (Wildman–Crippen MR) is 113 cm³/mol. The molecule has 0 amide bonds. The molecule has 0 aliphatic heterocycles. The predicted octanol–water partition coefficient (Wildman–Crippen LogP) is 5.42. The fourth-order valence-corrected chi connectivity index (χ4v) is 3.57. The molecule has 0 radical (unpaired) electrons. The van der Waals surface area contributed by atoms with Gasteiger partial charge in [-0.05, 0) is 60.7 Å². The van der Waals surface area contributed by atoms with Gasteiger partial charge in [0.15, 0.2) is 5.78 Å². The molecule has 27 heavy (non-hydrogen) atoms. The minimum atomic E-state index is -0.0785. The minimum absolute atomic E-state index is 0.0560. The molecule has 0 atom stereocenters. The first-order valence-corrected chi connectivity index (χ1v) is 9.87. The van der Waals surface area contributed by atoms with Crippen LogP contribution in [0.2, 0.25) is 0 Å². The highest BCUT2D eigenvalue weighted by molar-refractivity contribution is 9.10. The summed E-state index contributed by atoms with van der Waals surface area (Å²) < 4.78 is 2.61. The maximum Gasteiger partial charge on any atom is 0.250 e. The van der Waals surface area contributed by atoms with E-state index in [0.29, 0.717) is 24.9 Å². The molecule has 0 N–H and O–H groups in total. The summed E-state index contributed by atoms with van der Waals surface area (Å²) in [6.07, 6.45) is 2.74. The largest absolute Gasteiger partial charge is 0.315 e. The number of aryl methyl sites for hydroxylation is 3. The van der Waals surface area contributed by atoms with Crippen molar-refractivity contribution < 1.29 is 4.79 Å². The summed E-state index contributed by atoms with van der Waals surface area (Å²) >= 11 is 3.48. The van der Waals surface area contributed by atoms with Crippen LogP contribution in [0.15, 0.2) is 70.1 Å². The van der Waals surface area contributed by atoms with Crippen molar-refractivity contribution >= 4 is 21.7 Å². The average Bonchev–Trinajstić information content (AvgIpc) is 2.67. The van der Waals surface area contributed by atoms with Gasteiger partial charge in [0.1, 0.15) is 0 Å². The van der Waals surface area contributed by atoms with Crippen LogP contribution in [0, 0.1) is 6.92 Å². The Bertz CT molecular complexity index is 1020. The third kappa shape index (κ3) is 4.45. The first kappa shape index (κ1) is 19.3. The second kappa shape index (κ2) is 8.49. The van der Waals surface area contributed by atoms with Gasteiger partial charge in [-0.3, -0.25) is 9.59 Å². The summed E-state index contributed by atoms with van der Waals surface area (Å²) in [5, 5.41) is 0. The quantitative estimate of drug-likeness (QED) is 0.496. The number of aromatic nitrogens is 1. The van der Waals surface area contributed by atoms with Crippen LogP contribution in [0.5, 0.6) is 0 Å². The van der Waals surface area contributed by atoms with Crippen LogP contribution in [0.3, 0.4) is 0 Å². The standard InChI is InChI=1S/C23H22BrNO2/c1-3-25-15-19(10-14-22(25)27)21(26)13-9-17-6-4-5-16(2)23(17)18-7-11-20(24)12-8-18/h4-8,10-12,14-15H,3,9,13H2,1-2H3. The molecule has 0 unspecified atom stereocenters. The van der Waals surface area contributed by atoms with Crippen molar-refractivity contribution in [1.82, 2.24) is 4.57 Å². The number of pyridine rings is 1. The number of nitrogens with zero attached hydrogens (tertiary/aromatic N) is 1. The van der Waals surface area contributed by atoms with Crippen molar-refractivity contribution in [3.63, 3.8) is 0 Å². The molecule has 0 fully saturated rings. The van der Waals surface area contributed by atoms with Crippen LogP contribution in [0.4, 0.5) is 0 Å². The van der Waals surface area contributed by atoms with Crippen LogP contribution in [-0.2, 0) is 13.0 Å². The van der Waals surface area contributed by atoms with Crippen LogP contribution in [-0.4, -0.2) is 10.4 Å². The summed E-state index contributed by atoms with van der Waals surface area (Å²) in [5.74, 6) is 0.0560. The molecule has 2 aromatic carbocycles. The molecule has 1 heterocycles. The number of carbonyl (C=O) groups excluding carboxylic acids is 1. The number of carbonyl (C=O) groups is 1. The van der Waals surface area contributed by atoms with Gasteiger partial charge in [-0.25, -0.2) is 0 Å². The smallest absolute Gasteiger partial charge is 0.250 e. The Labute approximate surface area is 167 Å². The first-order chi connectivity index (χ1) is 13.0. The monoisotopic (exact) mass is 423 g/mol. The number of Topliss-reactive ketones (excluding diaryl/α,β-unsaturated/α-hetero) is 1. The average molecular weight is 424 g/mol. The Kier molecular flexibility index (Phi) is 6.07. The SMILES string of the molecule is CCn1cc(C(=O)CCc2cccc(C)c2-c2ccc(Br)cc2)ccc1=O. The Morgan fingerprint density at radius 3 is 2.48 bits per heavy atom. The van der Waals surface area contributed by atoms with Crippen LogP contribution in [0.25, 0.3) is 11.1 Å². The van der Waals surface area contributed by atoms with Gasteiger partial charge in [0, 0.05) is 35.3 Å². The van der Waals surface area contributed by atoms with Gasteiger partial charge in [0.25, 0.3) is 5.56 Å². The summed E-state index contributed by atoms with van der Waals surface area (Å²) in [7, 11) is 0. The van der Waals surface area contributed by atoms with E-state index in [1.54, 1.807) is 16.8 Å². The zero-order valence-electron chi connectivity index (χ0n) is 15.5. The van der Waals surface area contributed by atoms with Gasteiger partial charge in [0.05, 0.1) is 0 Å². The maximum absolute atomic E-state index is 12.7. The van der Waals surface area contributed by atoms with Gasteiger partial charge in [-0.15, -0.1) is 0 Å². The third-order valence-electron chi connectivity index (χ3n) is 4.76. The Morgan fingerprint density at radius 1 is 1.04 bits per heavy atom. The second-order valence-corrected chi connectivity index (χ2v) is 7.50. The van der Waals surface area contributed by atoms with E-state index in [1.807, 2.05) is 25.1 Å². The van der Waals surface area contributed by atoms with Gasteiger partial charge in [-0.2, -0.15) is 0 Å². The molecule has 1 aromatic heterocycles. The molecule has 0 saturated heterocycles. The van der Waals surface area contributed by atoms with Gasteiger partial charge in [0.2, 0.25) is 0 Å². The van der Waals surface area contributed by atoms with Crippen molar-refractivity contribution in [2.45, 2.75) is 33.2 Å². The topological polar surface area (TPSA) is 39.1 Å². The van der Waals surface area contributed by atoms with Crippen molar-refractivity contribution in [2.24, 2.45) is 0 Å². The van der Waals surface area contributed by atoms with E-state index >= 15 is 0 Å². The molecule has 138 valence electrons. The molecule has 3 rings (SSSR count). The van der Waals surface area contributed by atoms with Gasteiger partial charge in [-0.1, -0.05) is 46.3 Å². The van der Waals surface area contributed by atoms with E-state index in [1.165, 1.54) is 17.2 Å². The third-order valence-corrected chi connectivity index (χ3v) is 5.29. The lowest BCUT2D eigenvalue weighted by atomic mass is 9.92. The summed E-state index contributed by atoms with van der Waals surface area (Å²) in [6, 6.07) is 17.6.